The molecule has 0 spiro atoms. The normalized spacial score (nSPS) is 40.5. The van der Waals surface area contributed by atoms with E-state index in [1.165, 1.54) is 6.42 Å². The van der Waals surface area contributed by atoms with Gasteiger partial charge in [0.25, 0.3) is 0 Å². The molecule has 1 rings (SSSR count). The highest BCUT2D eigenvalue weighted by Gasteiger charge is 2.26. The van der Waals surface area contributed by atoms with Crippen LogP contribution in [0, 0.1) is 0 Å². The molecule has 0 heterocycles. The zero-order valence-corrected chi connectivity index (χ0v) is 8.64. The Hall–Kier alpha value is 0.940. The number of halogens is 2. The van der Waals surface area contributed by atoms with Crippen LogP contribution in [-0.4, -0.2) is 21.2 Å². The number of rotatable bonds is 0. The second-order valence-corrected chi connectivity index (χ2v) is 4.20. The quantitative estimate of drug-likeness (QED) is 0.514. The van der Waals surface area contributed by atoms with E-state index < -0.39 is 0 Å². The summed E-state index contributed by atoms with van der Waals surface area (Å²) in [6.45, 7) is 0. The van der Waals surface area contributed by atoms with Gasteiger partial charge in [-0.25, -0.2) is 0 Å². The summed E-state index contributed by atoms with van der Waals surface area (Å²) in [4.78, 5) is 0. The molecule has 4 heteroatoms. The zero-order chi connectivity index (χ0) is 6.85. The van der Waals surface area contributed by atoms with E-state index >= 15 is 0 Å². The molecule has 2 nitrogen and oxygen atoms in total. The maximum atomic E-state index is 9.31. The molecule has 1 saturated carbocycles. The Morgan fingerprint density at radius 2 is 2.00 bits per heavy atom. The average molecular weight is 278 g/mol. The van der Waals surface area contributed by atoms with Gasteiger partial charge in [0.15, 0.2) is 0 Å². The molecule has 1 aliphatic rings. The van der Waals surface area contributed by atoms with Crippen molar-refractivity contribution < 1.29 is 5.11 Å². The van der Waals surface area contributed by atoms with Crippen molar-refractivity contribution in [3.05, 3.63) is 0 Å². The lowest BCUT2D eigenvalue weighted by Crippen LogP contribution is -2.43. The molecule has 0 radical (unpaired) electrons. The van der Waals surface area contributed by atoms with Crippen LogP contribution in [0.3, 0.4) is 0 Å². The number of hydrogen-bond acceptors (Lipinski definition) is 2. The van der Waals surface area contributed by atoms with Crippen LogP contribution in [0.25, 0.3) is 0 Å². The van der Waals surface area contributed by atoms with E-state index in [9.17, 15) is 5.11 Å². The first-order valence-corrected chi connectivity index (χ1v) is 4.54. The van der Waals surface area contributed by atoms with Crippen LogP contribution in [0.2, 0.25) is 0 Å². The topological polar surface area (TPSA) is 46.2 Å². The van der Waals surface area contributed by atoms with Gasteiger partial charge in [-0.2, -0.15) is 0 Å². The first-order chi connectivity index (χ1) is 4.22. The van der Waals surface area contributed by atoms with Crippen molar-refractivity contribution in [2.75, 3.05) is 0 Å². The Kier molecular flexibility index (Phi) is 5.19. The largest absolute Gasteiger partial charge is 0.390 e. The lowest BCUT2D eigenvalue weighted by Gasteiger charge is -2.28. The molecule has 1 aliphatic carbocycles. The van der Waals surface area contributed by atoms with Crippen molar-refractivity contribution >= 4 is 35.0 Å². The fourth-order valence-corrected chi connectivity index (χ4v) is 2.13. The van der Waals surface area contributed by atoms with E-state index in [-0.39, 0.29) is 24.6 Å². The Labute approximate surface area is 81.1 Å². The second kappa shape index (κ2) is 4.74. The molecule has 0 saturated heterocycles. The third kappa shape index (κ3) is 2.53. The summed E-state index contributed by atoms with van der Waals surface area (Å²) in [5.74, 6) is 0. The highest BCUT2D eigenvalue weighted by Crippen LogP contribution is 2.23. The molecule has 0 aliphatic heterocycles. The van der Waals surface area contributed by atoms with E-state index in [4.69, 9.17) is 5.73 Å². The van der Waals surface area contributed by atoms with Gasteiger partial charge in [0, 0.05) is 9.97 Å². The van der Waals surface area contributed by atoms with Crippen LogP contribution in [0.1, 0.15) is 19.3 Å². The second-order valence-electron chi connectivity index (χ2n) is 2.60. The van der Waals surface area contributed by atoms with E-state index in [0.29, 0.717) is 3.92 Å². The minimum Gasteiger partial charge on any atom is -0.390 e. The summed E-state index contributed by atoms with van der Waals surface area (Å²) in [7, 11) is 0. The summed E-state index contributed by atoms with van der Waals surface area (Å²) in [5, 5.41) is 9.31. The van der Waals surface area contributed by atoms with Crippen molar-refractivity contribution in [3.8, 4) is 0 Å². The molecule has 62 valence electrons. The molecular weight excluding hydrogens is 264 g/mol. The number of alkyl halides is 1. The molecule has 0 aromatic rings. The summed E-state index contributed by atoms with van der Waals surface area (Å²) >= 11 is 2.27. The smallest absolute Gasteiger partial charge is 0.0808 e. The van der Waals surface area contributed by atoms with Gasteiger partial charge in [-0.05, 0) is 12.8 Å². The van der Waals surface area contributed by atoms with Crippen molar-refractivity contribution in [1.82, 2.24) is 0 Å². The Morgan fingerprint density at radius 3 is 2.40 bits per heavy atom. The summed E-state index contributed by atoms with van der Waals surface area (Å²) in [5.41, 5.74) is 5.61. The van der Waals surface area contributed by atoms with E-state index in [1.54, 1.807) is 0 Å². The molecule has 3 N–H and O–H groups in total. The molecule has 0 bridgehead atoms. The van der Waals surface area contributed by atoms with Crippen LogP contribution >= 0.6 is 35.0 Å². The fourth-order valence-electron chi connectivity index (χ4n) is 1.16. The maximum absolute atomic E-state index is 9.31. The van der Waals surface area contributed by atoms with Gasteiger partial charge >= 0.3 is 0 Å². The first-order valence-electron chi connectivity index (χ1n) is 3.29. The standard InChI is InChI=1S/C6H12INO.ClH/c7-4-2-1-3-5(8)6(4)9;/h4-6,9H,1-3,8H2;1H. The van der Waals surface area contributed by atoms with Gasteiger partial charge in [0.05, 0.1) is 6.10 Å². The lowest BCUT2D eigenvalue weighted by atomic mass is 9.93. The predicted octanol–water partition coefficient (Wildman–Crippen LogP) is 1.08. The number of aliphatic hydroxyl groups is 1. The van der Waals surface area contributed by atoms with Crippen molar-refractivity contribution in [2.24, 2.45) is 5.73 Å². The van der Waals surface area contributed by atoms with Crippen molar-refractivity contribution in [1.29, 1.82) is 0 Å². The monoisotopic (exact) mass is 277 g/mol. The fraction of sp³-hybridized carbons (Fsp3) is 1.00. The molecule has 0 aromatic heterocycles. The third-order valence-corrected chi connectivity index (χ3v) is 3.19. The lowest BCUT2D eigenvalue weighted by molar-refractivity contribution is 0.120. The molecular formula is C6H13ClINO. The van der Waals surface area contributed by atoms with Gasteiger partial charge in [0.1, 0.15) is 0 Å². The van der Waals surface area contributed by atoms with Gasteiger partial charge in [-0.3, -0.25) is 0 Å². The highest BCUT2D eigenvalue weighted by molar-refractivity contribution is 14.1. The summed E-state index contributed by atoms with van der Waals surface area (Å²) in [6, 6.07) is 0.0284. The Bertz CT molecular complexity index is 93.7. The maximum Gasteiger partial charge on any atom is 0.0808 e. The minimum absolute atomic E-state index is 0. The predicted molar refractivity (Wildman–Crippen MR) is 52.9 cm³/mol. The van der Waals surface area contributed by atoms with Gasteiger partial charge in [-0.1, -0.05) is 29.0 Å². The number of nitrogens with two attached hydrogens (primary N) is 1. The van der Waals surface area contributed by atoms with E-state index in [1.807, 2.05) is 0 Å². The minimum atomic E-state index is -0.264. The van der Waals surface area contributed by atoms with Crippen LogP contribution in [-0.2, 0) is 0 Å². The molecule has 0 amide bonds. The molecule has 3 atom stereocenters. The third-order valence-electron chi connectivity index (χ3n) is 1.83. The molecule has 3 unspecified atom stereocenters. The number of aliphatic hydroxyl groups excluding tert-OH is 1. The SMILES string of the molecule is Cl.NC1CCCC(I)C1O. The summed E-state index contributed by atoms with van der Waals surface area (Å²) < 4.78 is 0.381. The first kappa shape index (κ1) is 10.9. The van der Waals surface area contributed by atoms with Crippen LogP contribution in [0.15, 0.2) is 0 Å². The van der Waals surface area contributed by atoms with Crippen molar-refractivity contribution in [3.63, 3.8) is 0 Å². The highest BCUT2D eigenvalue weighted by atomic mass is 127. The average Bonchev–Trinajstić information content (AvgIpc) is 1.83. The van der Waals surface area contributed by atoms with E-state index in [2.05, 4.69) is 22.6 Å². The van der Waals surface area contributed by atoms with Crippen molar-refractivity contribution in [2.45, 2.75) is 35.3 Å². The molecule has 0 aromatic carbocycles. The molecule has 1 fully saturated rings. The van der Waals surface area contributed by atoms with Gasteiger partial charge in [0.2, 0.25) is 0 Å². The Morgan fingerprint density at radius 1 is 1.40 bits per heavy atom. The summed E-state index contributed by atoms with van der Waals surface area (Å²) in [6.07, 6.45) is 3.02. The van der Waals surface area contributed by atoms with Gasteiger partial charge < -0.3 is 10.8 Å². The van der Waals surface area contributed by atoms with E-state index in [0.717, 1.165) is 12.8 Å². The Balaban J connectivity index is 0.000000810. The van der Waals surface area contributed by atoms with Crippen LogP contribution in [0.5, 0.6) is 0 Å². The number of hydrogen-bond donors (Lipinski definition) is 2. The van der Waals surface area contributed by atoms with Crippen LogP contribution in [0.4, 0.5) is 0 Å². The van der Waals surface area contributed by atoms with Crippen LogP contribution < -0.4 is 5.73 Å². The molecule has 10 heavy (non-hydrogen) atoms. The zero-order valence-electron chi connectivity index (χ0n) is 5.66. The van der Waals surface area contributed by atoms with Gasteiger partial charge in [-0.15, -0.1) is 12.4 Å².